The van der Waals surface area contributed by atoms with Crippen LogP contribution >= 0.6 is 0 Å². The molecule has 0 atom stereocenters. The van der Waals surface area contributed by atoms with E-state index in [1.165, 1.54) is 21.5 Å². The predicted molar refractivity (Wildman–Crippen MR) is 112 cm³/mol. The maximum absolute atomic E-state index is 3.00. The fraction of sp³-hybridized carbons (Fsp3) is 0.0400. The zero-order valence-electron chi connectivity index (χ0n) is 15.7. The quantitative estimate of drug-likeness (QED) is 0.260. The van der Waals surface area contributed by atoms with Crippen molar-refractivity contribution >= 4 is 21.5 Å². The molecule has 4 aromatic rings. The Bertz CT molecular complexity index is 795. The summed E-state index contributed by atoms with van der Waals surface area (Å²) < 4.78 is 0. The maximum atomic E-state index is 3.00. The summed E-state index contributed by atoms with van der Waals surface area (Å²) in [6.45, 7) is 6.00. The molecule has 0 unspecified atom stereocenters. The van der Waals surface area contributed by atoms with Gasteiger partial charge in [-0.25, -0.2) is 12.2 Å². The third-order valence-corrected chi connectivity index (χ3v) is 3.68. The molecule has 0 heterocycles. The normalized spacial score (nSPS) is 9.86. The largest absolute Gasteiger partial charge is 2.00 e. The van der Waals surface area contributed by atoms with Crippen molar-refractivity contribution in [3.8, 4) is 0 Å². The molecule has 3 heteroatoms. The van der Waals surface area contributed by atoms with E-state index >= 15 is 0 Å². The van der Waals surface area contributed by atoms with Crippen molar-refractivity contribution in [3.63, 3.8) is 0 Å². The van der Waals surface area contributed by atoms with Crippen LogP contribution in [0.3, 0.4) is 0 Å². The molecule has 0 saturated heterocycles. The first-order chi connectivity index (χ1) is 12.4. The van der Waals surface area contributed by atoms with Crippen LogP contribution in [0.2, 0.25) is 0 Å². The van der Waals surface area contributed by atoms with E-state index in [2.05, 4.69) is 110 Å². The standard InChI is InChI=1S/2C9H7.C5H5.C2H4.2ClH.Zr/c2*1-2-5-9-7-3-6-8(9)4-1;1-2-4-5-3-1;1-2;;;/h2*1-7H;1-3H,4H2;1-2H2;2*1H;/q3*-1;;;;+2/p-2. The second kappa shape index (κ2) is 17.4. The summed E-state index contributed by atoms with van der Waals surface area (Å²) in [7, 11) is 0. The minimum absolute atomic E-state index is 0. The average Bonchev–Trinajstić information content (AvgIpc) is 3.47. The van der Waals surface area contributed by atoms with Gasteiger partial charge in [0.15, 0.2) is 0 Å². The van der Waals surface area contributed by atoms with Crippen molar-refractivity contribution in [2.75, 3.05) is 0 Å². The number of hydrogen-bond acceptors (Lipinski definition) is 0. The Morgan fingerprint density at radius 2 is 1.18 bits per heavy atom. The molecule has 4 aromatic carbocycles. The molecule has 0 spiro atoms. The van der Waals surface area contributed by atoms with Crippen LogP contribution in [0.4, 0.5) is 0 Å². The predicted octanol–water partition coefficient (Wildman–Crippen LogP) is 1.23. The molecule has 0 bridgehead atoms. The van der Waals surface area contributed by atoms with Crippen LogP contribution in [0.5, 0.6) is 0 Å². The second-order valence-corrected chi connectivity index (χ2v) is 5.31. The van der Waals surface area contributed by atoms with Gasteiger partial charge in [-0.05, 0) is 0 Å². The monoisotopic (exact) mass is 483 g/mol. The fourth-order valence-corrected chi connectivity index (χ4v) is 2.48. The van der Waals surface area contributed by atoms with Crippen molar-refractivity contribution in [1.82, 2.24) is 0 Å². The molecule has 0 fully saturated rings. The molecule has 0 saturated carbocycles. The first-order valence-corrected chi connectivity index (χ1v) is 8.36. The van der Waals surface area contributed by atoms with Crippen LogP contribution in [0.25, 0.3) is 21.5 Å². The van der Waals surface area contributed by atoms with Crippen LogP contribution in [0.15, 0.2) is 116 Å². The molecule has 0 nitrogen and oxygen atoms in total. The van der Waals surface area contributed by atoms with Gasteiger partial charge in [-0.3, -0.25) is 6.08 Å². The van der Waals surface area contributed by atoms with E-state index in [1.807, 2.05) is 12.2 Å². The van der Waals surface area contributed by atoms with E-state index in [0.29, 0.717) is 0 Å². The number of hydrogen-bond donors (Lipinski definition) is 0. The fourth-order valence-electron chi connectivity index (χ4n) is 2.48. The molecule has 1 aliphatic rings. The van der Waals surface area contributed by atoms with Gasteiger partial charge >= 0.3 is 26.2 Å². The van der Waals surface area contributed by atoms with Gasteiger partial charge in [0.05, 0.1) is 0 Å². The summed E-state index contributed by atoms with van der Waals surface area (Å²) >= 11 is 0. The maximum Gasteiger partial charge on any atom is 2.00 e. The molecule has 0 amide bonds. The molecular formula is C25H23Cl2Zr-3. The average molecular weight is 486 g/mol. The number of allylic oxidation sites excluding steroid dienone is 4. The van der Waals surface area contributed by atoms with Crippen molar-refractivity contribution in [1.29, 1.82) is 0 Å². The number of halogens is 2. The number of fused-ring (bicyclic) bond motifs is 2. The Hall–Kier alpha value is -1.66. The van der Waals surface area contributed by atoms with Crippen molar-refractivity contribution in [2.24, 2.45) is 0 Å². The Morgan fingerprint density at radius 1 is 0.714 bits per heavy atom. The summed E-state index contributed by atoms with van der Waals surface area (Å²) in [6, 6.07) is 29.3. The second-order valence-electron chi connectivity index (χ2n) is 5.31. The van der Waals surface area contributed by atoms with Crippen LogP contribution < -0.4 is 24.8 Å². The van der Waals surface area contributed by atoms with Gasteiger partial charge in [0.25, 0.3) is 0 Å². The summed E-state index contributed by atoms with van der Waals surface area (Å²) in [6.07, 6.45) is 10.0. The van der Waals surface area contributed by atoms with E-state index in [-0.39, 0.29) is 51.0 Å². The van der Waals surface area contributed by atoms with E-state index < -0.39 is 0 Å². The summed E-state index contributed by atoms with van der Waals surface area (Å²) in [5.74, 6) is 0. The van der Waals surface area contributed by atoms with Gasteiger partial charge in [0.1, 0.15) is 0 Å². The van der Waals surface area contributed by atoms with Crippen molar-refractivity contribution in [2.45, 2.75) is 6.42 Å². The van der Waals surface area contributed by atoms with E-state index in [9.17, 15) is 0 Å². The van der Waals surface area contributed by atoms with Gasteiger partial charge in [-0.15, -0.1) is 78.9 Å². The zero-order chi connectivity index (χ0) is 17.7. The molecule has 0 aromatic heterocycles. The Morgan fingerprint density at radius 3 is 1.50 bits per heavy atom. The minimum Gasteiger partial charge on any atom is -1.00 e. The van der Waals surface area contributed by atoms with Gasteiger partial charge < -0.3 is 24.8 Å². The minimum atomic E-state index is 0. The summed E-state index contributed by atoms with van der Waals surface area (Å²) in [5.41, 5.74) is 0. The molecular weight excluding hydrogens is 462 g/mol. The van der Waals surface area contributed by atoms with Crippen LogP contribution in [-0.4, -0.2) is 0 Å². The zero-order valence-corrected chi connectivity index (χ0v) is 19.7. The first kappa shape index (κ1) is 28.6. The van der Waals surface area contributed by atoms with E-state index in [0.717, 1.165) is 6.42 Å². The topological polar surface area (TPSA) is 0 Å². The van der Waals surface area contributed by atoms with Gasteiger partial charge in [0.2, 0.25) is 0 Å². The molecule has 0 N–H and O–H groups in total. The third-order valence-electron chi connectivity index (χ3n) is 3.68. The molecule has 144 valence electrons. The molecule has 0 radical (unpaired) electrons. The van der Waals surface area contributed by atoms with Crippen LogP contribution in [-0.2, 0) is 26.2 Å². The smallest absolute Gasteiger partial charge is 1.00 e. The SMILES string of the molecule is C=C.[C-]1=CC=CC1.[Cl-].[Cl-].[Zr+2].c1ccc2[cH-]ccc2c1.c1ccc2[cH-]ccc2c1. The number of rotatable bonds is 0. The van der Waals surface area contributed by atoms with Crippen molar-refractivity contribution < 1.29 is 51.0 Å². The van der Waals surface area contributed by atoms with Crippen LogP contribution in [0.1, 0.15) is 6.42 Å². The Labute approximate surface area is 200 Å². The molecule has 5 rings (SSSR count). The van der Waals surface area contributed by atoms with E-state index in [1.54, 1.807) is 0 Å². The van der Waals surface area contributed by atoms with Crippen molar-refractivity contribution in [3.05, 3.63) is 122 Å². The summed E-state index contributed by atoms with van der Waals surface area (Å²) in [4.78, 5) is 0. The number of benzene rings is 2. The summed E-state index contributed by atoms with van der Waals surface area (Å²) in [5, 5.41) is 5.32. The Kier molecular flexibility index (Phi) is 17.8. The van der Waals surface area contributed by atoms with Crippen LogP contribution in [0, 0.1) is 6.08 Å². The van der Waals surface area contributed by atoms with Gasteiger partial charge in [-0.1, -0.05) is 12.1 Å². The molecule has 1 aliphatic carbocycles. The van der Waals surface area contributed by atoms with Gasteiger partial charge in [-0.2, -0.15) is 41.1 Å². The molecule has 28 heavy (non-hydrogen) atoms. The van der Waals surface area contributed by atoms with E-state index in [4.69, 9.17) is 0 Å². The third kappa shape index (κ3) is 9.51. The molecule has 0 aliphatic heterocycles. The first-order valence-electron chi connectivity index (χ1n) is 8.36. The Balaban J connectivity index is 0. The van der Waals surface area contributed by atoms with Gasteiger partial charge in [0, 0.05) is 0 Å².